The van der Waals surface area contributed by atoms with Crippen LogP contribution in [0.1, 0.15) is 31.4 Å². The number of amides is 1. The quantitative estimate of drug-likeness (QED) is 0.777. The SMILES string of the molecule is C[C@H](NCC(=O)NC1CC1)c1ccncc1. The molecular weight excluding hydrogens is 202 g/mol. The van der Waals surface area contributed by atoms with Crippen LogP contribution in [0.15, 0.2) is 24.5 Å². The van der Waals surface area contributed by atoms with Crippen molar-refractivity contribution in [2.75, 3.05) is 6.54 Å². The molecule has 1 aliphatic rings. The molecule has 1 aliphatic carbocycles. The summed E-state index contributed by atoms with van der Waals surface area (Å²) in [5.74, 6) is 0.0865. The molecule has 0 saturated heterocycles. The van der Waals surface area contributed by atoms with Crippen molar-refractivity contribution >= 4 is 5.91 Å². The molecule has 1 fully saturated rings. The molecule has 2 rings (SSSR count). The van der Waals surface area contributed by atoms with E-state index in [2.05, 4.69) is 15.6 Å². The van der Waals surface area contributed by atoms with Crippen LogP contribution in [0, 0.1) is 0 Å². The zero-order valence-corrected chi connectivity index (χ0v) is 9.44. The molecule has 16 heavy (non-hydrogen) atoms. The Labute approximate surface area is 95.5 Å². The summed E-state index contributed by atoms with van der Waals surface area (Å²) in [6.07, 6.45) is 5.78. The Morgan fingerprint density at radius 3 is 2.81 bits per heavy atom. The average molecular weight is 219 g/mol. The molecule has 0 radical (unpaired) electrons. The topological polar surface area (TPSA) is 54.0 Å². The van der Waals surface area contributed by atoms with Crippen LogP contribution in [-0.2, 0) is 4.79 Å². The number of hydrogen-bond acceptors (Lipinski definition) is 3. The molecule has 1 aromatic heterocycles. The number of carbonyl (C=O) groups excluding carboxylic acids is 1. The van der Waals surface area contributed by atoms with Gasteiger partial charge in [0.05, 0.1) is 6.54 Å². The minimum absolute atomic E-state index is 0.0865. The molecular formula is C12H17N3O. The van der Waals surface area contributed by atoms with Crippen molar-refractivity contribution in [3.8, 4) is 0 Å². The second-order valence-corrected chi connectivity index (χ2v) is 4.22. The van der Waals surface area contributed by atoms with E-state index in [4.69, 9.17) is 0 Å². The monoisotopic (exact) mass is 219 g/mol. The minimum Gasteiger partial charge on any atom is -0.352 e. The summed E-state index contributed by atoms with van der Waals surface area (Å²) in [7, 11) is 0. The molecule has 2 N–H and O–H groups in total. The van der Waals surface area contributed by atoms with Crippen molar-refractivity contribution in [3.63, 3.8) is 0 Å². The molecule has 4 heteroatoms. The van der Waals surface area contributed by atoms with Crippen molar-refractivity contribution in [3.05, 3.63) is 30.1 Å². The average Bonchev–Trinajstić information content (AvgIpc) is 3.11. The van der Waals surface area contributed by atoms with Gasteiger partial charge < -0.3 is 10.6 Å². The normalized spacial score (nSPS) is 16.8. The number of carbonyl (C=O) groups is 1. The molecule has 0 spiro atoms. The van der Waals surface area contributed by atoms with Crippen LogP contribution in [-0.4, -0.2) is 23.5 Å². The highest BCUT2D eigenvalue weighted by atomic mass is 16.2. The fourth-order valence-corrected chi connectivity index (χ4v) is 1.52. The standard InChI is InChI=1S/C12H17N3O/c1-9(10-4-6-13-7-5-10)14-8-12(16)15-11-2-3-11/h4-7,9,11,14H,2-3,8H2,1H3,(H,15,16)/t9-/m0/s1. The fourth-order valence-electron chi connectivity index (χ4n) is 1.52. The Hall–Kier alpha value is -1.42. The summed E-state index contributed by atoms with van der Waals surface area (Å²) in [6, 6.07) is 4.52. The molecule has 0 aliphatic heterocycles. The first-order valence-electron chi connectivity index (χ1n) is 5.68. The lowest BCUT2D eigenvalue weighted by molar-refractivity contribution is -0.120. The first-order chi connectivity index (χ1) is 7.75. The largest absolute Gasteiger partial charge is 0.352 e. The van der Waals surface area contributed by atoms with E-state index in [-0.39, 0.29) is 11.9 Å². The Morgan fingerprint density at radius 1 is 1.50 bits per heavy atom. The van der Waals surface area contributed by atoms with Crippen LogP contribution in [0.25, 0.3) is 0 Å². The molecule has 0 unspecified atom stereocenters. The summed E-state index contributed by atoms with van der Waals surface area (Å²) in [5.41, 5.74) is 1.15. The summed E-state index contributed by atoms with van der Waals surface area (Å²) < 4.78 is 0. The highest BCUT2D eigenvalue weighted by Crippen LogP contribution is 2.18. The third-order valence-electron chi connectivity index (χ3n) is 2.72. The second-order valence-electron chi connectivity index (χ2n) is 4.22. The van der Waals surface area contributed by atoms with E-state index in [1.807, 2.05) is 19.1 Å². The van der Waals surface area contributed by atoms with Crippen molar-refractivity contribution in [2.45, 2.75) is 31.8 Å². The minimum atomic E-state index is 0.0865. The van der Waals surface area contributed by atoms with Crippen LogP contribution in [0.4, 0.5) is 0 Å². The number of nitrogens with one attached hydrogen (secondary N) is 2. The zero-order chi connectivity index (χ0) is 11.4. The predicted octanol–water partition coefficient (Wildman–Crippen LogP) is 1.01. The highest BCUT2D eigenvalue weighted by molar-refractivity contribution is 5.78. The van der Waals surface area contributed by atoms with Crippen molar-refractivity contribution in [1.82, 2.24) is 15.6 Å². The predicted molar refractivity (Wildman–Crippen MR) is 61.8 cm³/mol. The lowest BCUT2D eigenvalue weighted by Crippen LogP contribution is -2.36. The Kier molecular flexibility index (Phi) is 3.51. The molecule has 0 aromatic carbocycles. The summed E-state index contributed by atoms with van der Waals surface area (Å²) >= 11 is 0. The molecule has 4 nitrogen and oxygen atoms in total. The molecule has 1 aromatic rings. The summed E-state index contributed by atoms with van der Waals surface area (Å²) in [5, 5.41) is 6.14. The van der Waals surface area contributed by atoms with Crippen LogP contribution < -0.4 is 10.6 Å². The van der Waals surface area contributed by atoms with E-state index < -0.39 is 0 Å². The maximum Gasteiger partial charge on any atom is 0.234 e. The van der Waals surface area contributed by atoms with Gasteiger partial charge in [-0.3, -0.25) is 9.78 Å². The number of nitrogens with zero attached hydrogens (tertiary/aromatic N) is 1. The number of hydrogen-bond donors (Lipinski definition) is 2. The zero-order valence-electron chi connectivity index (χ0n) is 9.44. The van der Waals surface area contributed by atoms with Gasteiger partial charge >= 0.3 is 0 Å². The second kappa shape index (κ2) is 5.07. The van der Waals surface area contributed by atoms with E-state index in [9.17, 15) is 4.79 Å². The number of rotatable bonds is 5. The maximum atomic E-state index is 11.4. The molecule has 0 bridgehead atoms. The lowest BCUT2D eigenvalue weighted by Gasteiger charge is -2.13. The van der Waals surface area contributed by atoms with E-state index >= 15 is 0 Å². The van der Waals surface area contributed by atoms with E-state index in [1.165, 1.54) is 0 Å². The van der Waals surface area contributed by atoms with Crippen molar-refractivity contribution in [2.24, 2.45) is 0 Å². The smallest absolute Gasteiger partial charge is 0.234 e. The van der Waals surface area contributed by atoms with Gasteiger partial charge in [-0.1, -0.05) is 0 Å². The van der Waals surface area contributed by atoms with Crippen molar-refractivity contribution < 1.29 is 4.79 Å². The third-order valence-corrected chi connectivity index (χ3v) is 2.72. The van der Waals surface area contributed by atoms with Gasteiger partial charge in [0.1, 0.15) is 0 Å². The first-order valence-corrected chi connectivity index (χ1v) is 5.68. The van der Waals surface area contributed by atoms with Crippen LogP contribution in [0.2, 0.25) is 0 Å². The van der Waals surface area contributed by atoms with Gasteiger partial charge in [-0.2, -0.15) is 0 Å². The number of aromatic nitrogens is 1. The van der Waals surface area contributed by atoms with Gasteiger partial charge in [-0.05, 0) is 37.5 Å². The number of pyridine rings is 1. The summed E-state index contributed by atoms with van der Waals surface area (Å²) in [6.45, 7) is 2.42. The van der Waals surface area contributed by atoms with Gasteiger partial charge in [-0.15, -0.1) is 0 Å². The Bertz CT molecular complexity index is 349. The molecule has 1 amide bonds. The van der Waals surface area contributed by atoms with Crippen LogP contribution in [0.3, 0.4) is 0 Å². The van der Waals surface area contributed by atoms with E-state index in [0.717, 1.165) is 18.4 Å². The van der Waals surface area contributed by atoms with E-state index in [0.29, 0.717) is 12.6 Å². The Morgan fingerprint density at radius 2 is 2.19 bits per heavy atom. The van der Waals surface area contributed by atoms with Gasteiger partial charge in [-0.25, -0.2) is 0 Å². The van der Waals surface area contributed by atoms with Gasteiger partial charge in [0.15, 0.2) is 0 Å². The highest BCUT2D eigenvalue weighted by Gasteiger charge is 2.23. The van der Waals surface area contributed by atoms with E-state index in [1.54, 1.807) is 12.4 Å². The molecule has 1 saturated carbocycles. The fraction of sp³-hybridized carbons (Fsp3) is 0.500. The summed E-state index contributed by atoms with van der Waals surface area (Å²) in [4.78, 5) is 15.4. The van der Waals surface area contributed by atoms with Crippen LogP contribution in [0.5, 0.6) is 0 Å². The van der Waals surface area contributed by atoms with Crippen LogP contribution >= 0.6 is 0 Å². The molecule has 1 atom stereocenters. The molecule has 1 heterocycles. The third kappa shape index (κ3) is 3.31. The molecule has 86 valence electrons. The maximum absolute atomic E-state index is 11.4. The first kappa shape index (κ1) is 11.1. The van der Waals surface area contributed by atoms with Gasteiger partial charge in [0, 0.05) is 24.5 Å². The van der Waals surface area contributed by atoms with Gasteiger partial charge in [0.25, 0.3) is 0 Å². The Balaban J connectivity index is 1.74. The van der Waals surface area contributed by atoms with Crippen molar-refractivity contribution in [1.29, 1.82) is 0 Å². The van der Waals surface area contributed by atoms with Gasteiger partial charge in [0.2, 0.25) is 5.91 Å². The lowest BCUT2D eigenvalue weighted by atomic mass is 10.1.